The van der Waals surface area contributed by atoms with Crippen LogP contribution in [-0.4, -0.2) is 0 Å². The molecule has 0 N–H and O–H groups in total. The summed E-state index contributed by atoms with van der Waals surface area (Å²) in [4.78, 5) is 0. The maximum Gasteiger partial charge on any atom is 0.127 e. The van der Waals surface area contributed by atoms with Gasteiger partial charge in [0.15, 0.2) is 0 Å². The van der Waals surface area contributed by atoms with Crippen molar-refractivity contribution < 1.29 is 4.39 Å². The van der Waals surface area contributed by atoms with E-state index in [9.17, 15) is 4.39 Å². The van der Waals surface area contributed by atoms with Gasteiger partial charge in [-0.25, -0.2) is 4.39 Å². The lowest BCUT2D eigenvalue weighted by molar-refractivity contribution is 0.602. The fraction of sp³-hybridized carbons (Fsp3) is 0.200. The molecular weight excluding hydrogens is 235 g/mol. The first-order valence-corrected chi connectivity index (χ1v) is 6.16. The molecule has 0 amide bonds. The molecule has 0 nitrogen and oxygen atoms in total. The minimum absolute atomic E-state index is 0.0834. The molecule has 2 heteroatoms. The molecule has 1 aliphatic rings. The van der Waals surface area contributed by atoms with Crippen LogP contribution in [0.1, 0.15) is 29.0 Å². The molecule has 0 unspecified atom stereocenters. The summed E-state index contributed by atoms with van der Waals surface area (Å²) < 4.78 is 13.9. The van der Waals surface area contributed by atoms with Crippen molar-refractivity contribution in [1.82, 2.24) is 0 Å². The fourth-order valence-electron chi connectivity index (χ4n) is 2.66. The number of aryl methyl sites for hydroxylation is 1. The van der Waals surface area contributed by atoms with Crippen LogP contribution in [0.2, 0.25) is 5.02 Å². The molecule has 0 spiro atoms. The molecule has 0 aliphatic heterocycles. The maximum absolute atomic E-state index is 13.9. The second-order valence-electron chi connectivity index (χ2n) is 4.46. The van der Waals surface area contributed by atoms with Crippen LogP contribution in [0, 0.1) is 5.82 Å². The van der Waals surface area contributed by atoms with E-state index < -0.39 is 0 Å². The molecule has 1 aliphatic carbocycles. The zero-order valence-electron chi connectivity index (χ0n) is 9.29. The third-order valence-corrected chi connectivity index (χ3v) is 3.72. The van der Waals surface area contributed by atoms with Crippen LogP contribution >= 0.6 is 11.6 Å². The Morgan fingerprint density at radius 3 is 2.59 bits per heavy atom. The molecule has 0 saturated carbocycles. The van der Waals surface area contributed by atoms with E-state index in [1.807, 2.05) is 30.3 Å². The first-order valence-electron chi connectivity index (χ1n) is 5.78. The van der Waals surface area contributed by atoms with Gasteiger partial charge in [-0.3, -0.25) is 0 Å². The van der Waals surface area contributed by atoms with Crippen LogP contribution in [-0.2, 0) is 6.42 Å². The van der Waals surface area contributed by atoms with E-state index in [-0.39, 0.29) is 11.7 Å². The largest absolute Gasteiger partial charge is 0.207 e. The Morgan fingerprint density at radius 2 is 1.82 bits per heavy atom. The Hall–Kier alpha value is -1.34. The van der Waals surface area contributed by atoms with Crippen molar-refractivity contribution >= 4 is 11.6 Å². The summed E-state index contributed by atoms with van der Waals surface area (Å²) in [6.07, 6.45) is 1.94. The average molecular weight is 247 g/mol. The zero-order valence-corrected chi connectivity index (χ0v) is 10.0. The molecule has 2 aromatic carbocycles. The highest BCUT2D eigenvalue weighted by atomic mass is 35.5. The summed E-state index contributed by atoms with van der Waals surface area (Å²) in [5, 5.41) is 0.723. The SMILES string of the molecule is Fc1cccc2c1[C@H](c1ccc(Cl)cc1)CC2. The summed E-state index contributed by atoms with van der Waals surface area (Å²) in [5.74, 6) is 0.100. The van der Waals surface area contributed by atoms with Crippen molar-refractivity contribution in [3.63, 3.8) is 0 Å². The molecule has 0 radical (unpaired) electrons. The molecule has 0 aromatic heterocycles. The molecule has 2 aromatic rings. The summed E-state index contributed by atoms with van der Waals surface area (Å²) in [5.41, 5.74) is 3.16. The highest BCUT2D eigenvalue weighted by molar-refractivity contribution is 6.30. The van der Waals surface area contributed by atoms with E-state index in [0.29, 0.717) is 0 Å². The van der Waals surface area contributed by atoms with E-state index in [1.54, 1.807) is 12.1 Å². The molecular formula is C15H12ClF. The van der Waals surface area contributed by atoms with Crippen LogP contribution in [0.5, 0.6) is 0 Å². The Labute approximate surface area is 105 Å². The number of halogens is 2. The molecule has 0 saturated heterocycles. The van der Waals surface area contributed by atoms with Gasteiger partial charge in [-0.05, 0) is 47.7 Å². The topological polar surface area (TPSA) is 0 Å². The molecule has 1 atom stereocenters. The molecule has 17 heavy (non-hydrogen) atoms. The van der Waals surface area contributed by atoms with Gasteiger partial charge in [-0.1, -0.05) is 35.9 Å². The number of fused-ring (bicyclic) bond motifs is 1. The first-order chi connectivity index (χ1) is 8.25. The van der Waals surface area contributed by atoms with E-state index >= 15 is 0 Å². The number of hydrogen-bond donors (Lipinski definition) is 0. The predicted molar refractivity (Wildman–Crippen MR) is 68.0 cm³/mol. The van der Waals surface area contributed by atoms with Gasteiger partial charge in [-0.15, -0.1) is 0 Å². The van der Waals surface area contributed by atoms with Crippen molar-refractivity contribution in [1.29, 1.82) is 0 Å². The lowest BCUT2D eigenvalue weighted by atomic mass is 9.93. The van der Waals surface area contributed by atoms with Crippen molar-refractivity contribution in [2.75, 3.05) is 0 Å². The van der Waals surface area contributed by atoms with Gasteiger partial charge in [0.1, 0.15) is 5.82 Å². The summed E-state index contributed by atoms with van der Waals surface area (Å²) >= 11 is 5.88. The van der Waals surface area contributed by atoms with E-state index in [4.69, 9.17) is 11.6 Å². The highest BCUT2D eigenvalue weighted by Gasteiger charge is 2.26. The lowest BCUT2D eigenvalue weighted by Crippen LogP contribution is -1.98. The van der Waals surface area contributed by atoms with Crippen molar-refractivity contribution in [2.24, 2.45) is 0 Å². The average Bonchev–Trinajstić information content (AvgIpc) is 2.75. The smallest absolute Gasteiger partial charge is 0.127 e. The van der Waals surface area contributed by atoms with Gasteiger partial charge in [0.25, 0.3) is 0 Å². The third-order valence-electron chi connectivity index (χ3n) is 3.47. The molecule has 0 heterocycles. The predicted octanol–water partition coefficient (Wildman–Crippen LogP) is 4.56. The van der Waals surface area contributed by atoms with Crippen molar-refractivity contribution in [3.05, 3.63) is 70.0 Å². The second-order valence-corrected chi connectivity index (χ2v) is 4.89. The summed E-state index contributed by atoms with van der Waals surface area (Å²) in [6, 6.07) is 13.1. The minimum atomic E-state index is -0.0834. The van der Waals surface area contributed by atoms with Gasteiger partial charge >= 0.3 is 0 Å². The van der Waals surface area contributed by atoms with Crippen LogP contribution < -0.4 is 0 Å². The van der Waals surface area contributed by atoms with Crippen molar-refractivity contribution in [3.8, 4) is 0 Å². The standard InChI is InChI=1S/C15H12ClF/c16-12-7-4-10(5-8-12)13-9-6-11-2-1-3-14(17)15(11)13/h1-5,7-8,13H,6,9H2/t13-/m0/s1. The molecule has 3 rings (SSSR count). The van der Waals surface area contributed by atoms with Gasteiger partial charge < -0.3 is 0 Å². The van der Waals surface area contributed by atoms with E-state index in [2.05, 4.69) is 0 Å². The Bertz CT molecular complexity index is 545. The monoisotopic (exact) mass is 246 g/mol. The zero-order chi connectivity index (χ0) is 11.8. The quantitative estimate of drug-likeness (QED) is 0.692. The maximum atomic E-state index is 13.9. The van der Waals surface area contributed by atoms with Gasteiger partial charge in [-0.2, -0.15) is 0 Å². The molecule has 0 fully saturated rings. The van der Waals surface area contributed by atoms with Gasteiger partial charge in [0.2, 0.25) is 0 Å². The van der Waals surface area contributed by atoms with E-state index in [1.165, 1.54) is 0 Å². The highest BCUT2D eigenvalue weighted by Crippen LogP contribution is 2.39. The lowest BCUT2D eigenvalue weighted by Gasteiger charge is -2.12. The van der Waals surface area contributed by atoms with E-state index in [0.717, 1.165) is 34.6 Å². The first kappa shape index (κ1) is 10.8. The molecule has 86 valence electrons. The van der Waals surface area contributed by atoms with Crippen LogP contribution in [0.3, 0.4) is 0 Å². The third kappa shape index (κ3) is 1.85. The molecule has 0 bridgehead atoms. The minimum Gasteiger partial charge on any atom is -0.207 e. The van der Waals surface area contributed by atoms with Gasteiger partial charge in [0, 0.05) is 10.9 Å². The Morgan fingerprint density at radius 1 is 1.06 bits per heavy atom. The summed E-state index contributed by atoms with van der Waals surface area (Å²) in [7, 11) is 0. The number of benzene rings is 2. The number of hydrogen-bond acceptors (Lipinski definition) is 0. The van der Waals surface area contributed by atoms with Crippen molar-refractivity contribution in [2.45, 2.75) is 18.8 Å². The second kappa shape index (κ2) is 4.15. The number of rotatable bonds is 1. The normalized spacial score (nSPS) is 18.1. The van der Waals surface area contributed by atoms with Crippen LogP contribution in [0.4, 0.5) is 4.39 Å². The Kier molecular flexibility index (Phi) is 2.64. The Balaban J connectivity index is 2.06. The van der Waals surface area contributed by atoms with Crippen LogP contribution in [0.25, 0.3) is 0 Å². The van der Waals surface area contributed by atoms with Crippen LogP contribution in [0.15, 0.2) is 42.5 Å². The van der Waals surface area contributed by atoms with Gasteiger partial charge in [0.05, 0.1) is 0 Å². The fourth-order valence-corrected chi connectivity index (χ4v) is 2.79. The summed E-state index contributed by atoms with van der Waals surface area (Å²) in [6.45, 7) is 0.